The Morgan fingerprint density at radius 3 is 2.47 bits per heavy atom. The van der Waals surface area contributed by atoms with Gasteiger partial charge in [0.05, 0.1) is 5.56 Å². The van der Waals surface area contributed by atoms with E-state index in [0.717, 1.165) is 36.9 Å². The first kappa shape index (κ1) is 31.4. The topological polar surface area (TPSA) is 90.0 Å². The molecule has 1 aliphatic carbocycles. The standard InChI is InChI=1S/C35H40ClFN4O4/c1-34(2)12-11-22(26(17-34)21-5-7-25(36)8-6-21)18-40-14-13-39(20-35(40,3)4)32(44)23-15-24-19-41(33(45)30(24)27(37)16-23)28-9-10-29(42)38-31(28)43/h5-8,15-16,28H,9-14,17-20H2,1-4H3,(H,38,42,43). The van der Waals surface area contributed by atoms with E-state index in [9.17, 15) is 19.2 Å². The third-order valence-electron chi connectivity index (χ3n) is 9.94. The van der Waals surface area contributed by atoms with E-state index in [0.29, 0.717) is 25.2 Å². The van der Waals surface area contributed by atoms with Crippen molar-refractivity contribution in [1.82, 2.24) is 20.0 Å². The molecule has 1 unspecified atom stereocenters. The van der Waals surface area contributed by atoms with Gasteiger partial charge in [-0.2, -0.15) is 0 Å². The van der Waals surface area contributed by atoms with E-state index < -0.39 is 23.7 Å². The van der Waals surface area contributed by atoms with Crippen LogP contribution in [-0.2, 0) is 16.1 Å². The third-order valence-corrected chi connectivity index (χ3v) is 10.2. The Morgan fingerprint density at radius 2 is 1.78 bits per heavy atom. The lowest BCUT2D eigenvalue weighted by atomic mass is 9.72. The van der Waals surface area contributed by atoms with Gasteiger partial charge >= 0.3 is 0 Å². The first-order valence-corrected chi connectivity index (χ1v) is 16.1. The summed E-state index contributed by atoms with van der Waals surface area (Å²) in [5.41, 5.74) is 4.37. The number of hydrogen-bond acceptors (Lipinski definition) is 5. The third kappa shape index (κ3) is 6.17. The lowest BCUT2D eigenvalue weighted by Crippen LogP contribution is -2.60. The fourth-order valence-corrected chi connectivity index (χ4v) is 7.44. The maximum absolute atomic E-state index is 15.4. The van der Waals surface area contributed by atoms with Gasteiger partial charge in [-0.15, -0.1) is 0 Å². The van der Waals surface area contributed by atoms with Crippen LogP contribution in [0.2, 0.25) is 5.02 Å². The number of allylic oxidation sites excluding steroid dienone is 1. The van der Waals surface area contributed by atoms with Crippen LogP contribution in [0.4, 0.5) is 4.39 Å². The van der Waals surface area contributed by atoms with E-state index in [-0.39, 0.29) is 53.3 Å². The van der Waals surface area contributed by atoms with Crippen LogP contribution in [0.25, 0.3) is 5.57 Å². The summed E-state index contributed by atoms with van der Waals surface area (Å²) < 4.78 is 15.4. The molecule has 0 spiro atoms. The van der Waals surface area contributed by atoms with Gasteiger partial charge < -0.3 is 9.80 Å². The molecule has 1 N–H and O–H groups in total. The van der Waals surface area contributed by atoms with Crippen LogP contribution in [0.5, 0.6) is 0 Å². The van der Waals surface area contributed by atoms with Crippen LogP contribution in [0.15, 0.2) is 42.0 Å². The van der Waals surface area contributed by atoms with E-state index in [4.69, 9.17) is 11.6 Å². The van der Waals surface area contributed by atoms with Crippen LogP contribution in [-0.4, -0.2) is 76.1 Å². The maximum atomic E-state index is 15.4. The van der Waals surface area contributed by atoms with E-state index in [1.54, 1.807) is 11.0 Å². The molecule has 2 aromatic rings. The summed E-state index contributed by atoms with van der Waals surface area (Å²) in [5, 5.41) is 2.98. The van der Waals surface area contributed by atoms with Gasteiger partial charge in [0.1, 0.15) is 11.9 Å². The zero-order valence-corrected chi connectivity index (χ0v) is 27.1. The zero-order valence-electron chi connectivity index (χ0n) is 26.3. The summed E-state index contributed by atoms with van der Waals surface area (Å²) in [7, 11) is 0. The second-order valence-corrected chi connectivity index (χ2v) is 14.7. The first-order chi connectivity index (χ1) is 21.2. The number of nitrogens with one attached hydrogen (secondary N) is 1. The average molecular weight is 635 g/mol. The fourth-order valence-electron chi connectivity index (χ4n) is 7.31. The highest BCUT2D eigenvalue weighted by Crippen LogP contribution is 2.44. The molecule has 2 aromatic carbocycles. The van der Waals surface area contributed by atoms with Gasteiger partial charge in [-0.25, -0.2) is 4.39 Å². The monoisotopic (exact) mass is 634 g/mol. The SMILES string of the molecule is CC1(C)CCC(CN2CCN(C(=O)c3cc(F)c4c(c3)CN(C3CCC(=O)NC3=O)C4=O)CC2(C)C)=C(c2ccc(Cl)cc2)C1. The van der Waals surface area contributed by atoms with Gasteiger partial charge in [0.15, 0.2) is 0 Å². The Morgan fingerprint density at radius 1 is 1.04 bits per heavy atom. The number of piperidine rings is 1. The second kappa shape index (κ2) is 11.7. The van der Waals surface area contributed by atoms with Crippen molar-refractivity contribution in [3.05, 3.63) is 75.1 Å². The van der Waals surface area contributed by atoms with Crippen LogP contribution in [0.3, 0.4) is 0 Å². The minimum atomic E-state index is -0.847. The molecule has 10 heteroatoms. The number of rotatable bonds is 5. The molecule has 3 heterocycles. The lowest BCUT2D eigenvalue weighted by Gasteiger charge is -2.48. The summed E-state index contributed by atoms with van der Waals surface area (Å²) in [6.07, 6.45) is 3.43. The van der Waals surface area contributed by atoms with Crippen molar-refractivity contribution in [2.75, 3.05) is 26.2 Å². The summed E-state index contributed by atoms with van der Waals surface area (Å²) in [6.45, 7) is 11.4. The Kier molecular flexibility index (Phi) is 8.14. The maximum Gasteiger partial charge on any atom is 0.258 e. The van der Waals surface area contributed by atoms with Crippen molar-refractivity contribution in [2.24, 2.45) is 5.41 Å². The van der Waals surface area contributed by atoms with E-state index in [1.807, 2.05) is 12.1 Å². The molecule has 2 fully saturated rings. The summed E-state index contributed by atoms with van der Waals surface area (Å²) >= 11 is 6.19. The van der Waals surface area contributed by atoms with Gasteiger partial charge in [0.2, 0.25) is 11.8 Å². The van der Waals surface area contributed by atoms with Crippen LogP contribution in [0.1, 0.15) is 91.6 Å². The molecular weight excluding hydrogens is 595 g/mol. The Bertz CT molecular complexity index is 1620. The lowest BCUT2D eigenvalue weighted by molar-refractivity contribution is -0.136. The molecule has 3 aliphatic heterocycles. The number of halogens is 2. The summed E-state index contributed by atoms with van der Waals surface area (Å²) in [6, 6.07) is 9.97. The summed E-state index contributed by atoms with van der Waals surface area (Å²) in [4.78, 5) is 56.3. The van der Waals surface area contributed by atoms with E-state index >= 15 is 4.39 Å². The molecule has 6 rings (SSSR count). The smallest absolute Gasteiger partial charge is 0.258 e. The molecule has 4 aliphatic rings. The molecule has 0 radical (unpaired) electrons. The number of benzene rings is 2. The van der Waals surface area contributed by atoms with Crippen LogP contribution >= 0.6 is 11.6 Å². The number of amides is 4. The number of carbonyl (C=O) groups excluding carboxylic acids is 4. The summed E-state index contributed by atoms with van der Waals surface area (Å²) in [5.74, 6) is -2.59. The van der Waals surface area contributed by atoms with Gasteiger partial charge in [-0.3, -0.25) is 29.4 Å². The number of nitrogens with zero attached hydrogens (tertiary/aromatic N) is 3. The molecule has 1 atom stereocenters. The van der Waals surface area contributed by atoms with Crippen molar-refractivity contribution in [3.8, 4) is 0 Å². The average Bonchev–Trinajstić information content (AvgIpc) is 3.30. The van der Waals surface area contributed by atoms with Gasteiger partial charge in [-0.1, -0.05) is 43.2 Å². The molecule has 2 saturated heterocycles. The van der Waals surface area contributed by atoms with Crippen molar-refractivity contribution >= 4 is 40.8 Å². The van der Waals surface area contributed by atoms with Crippen molar-refractivity contribution < 1.29 is 23.6 Å². The Hall–Kier alpha value is -3.56. The number of imide groups is 1. The molecule has 8 nitrogen and oxygen atoms in total. The molecule has 0 saturated carbocycles. The second-order valence-electron chi connectivity index (χ2n) is 14.3. The van der Waals surface area contributed by atoms with Crippen molar-refractivity contribution in [2.45, 2.75) is 77.9 Å². The Labute approximate surface area is 268 Å². The Balaban J connectivity index is 1.18. The highest BCUT2D eigenvalue weighted by atomic mass is 35.5. The van der Waals surface area contributed by atoms with Gasteiger partial charge in [0.25, 0.3) is 11.8 Å². The molecule has 0 aromatic heterocycles. The quantitative estimate of drug-likeness (QED) is 0.443. The van der Waals surface area contributed by atoms with Crippen LogP contribution in [0, 0.1) is 11.2 Å². The first-order valence-electron chi connectivity index (χ1n) is 15.7. The van der Waals surface area contributed by atoms with Crippen molar-refractivity contribution in [1.29, 1.82) is 0 Å². The normalized spacial score (nSPS) is 23.3. The number of hydrogen-bond donors (Lipinski definition) is 1. The van der Waals surface area contributed by atoms with Crippen LogP contribution < -0.4 is 5.32 Å². The highest BCUT2D eigenvalue weighted by Gasteiger charge is 2.42. The van der Waals surface area contributed by atoms with Gasteiger partial charge in [0, 0.05) is 55.3 Å². The van der Waals surface area contributed by atoms with Gasteiger partial charge in [-0.05, 0) is 85.9 Å². The van der Waals surface area contributed by atoms with Crippen molar-refractivity contribution in [3.63, 3.8) is 0 Å². The fraction of sp³-hybridized carbons (Fsp3) is 0.486. The highest BCUT2D eigenvalue weighted by molar-refractivity contribution is 6.30. The largest absolute Gasteiger partial charge is 0.336 e. The molecule has 238 valence electrons. The van der Waals surface area contributed by atoms with E-state index in [2.05, 4.69) is 50.0 Å². The number of fused-ring (bicyclic) bond motifs is 1. The number of carbonyl (C=O) groups is 4. The molecule has 4 amide bonds. The molecular formula is C35H40ClFN4O4. The minimum absolute atomic E-state index is 0.0135. The van der Waals surface area contributed by atoms with E-state index in [1.165, 1.54) is 21.6 Å². The predicted octanol–water partition coefficient (Wildman–Crippen LogP) is 5.44. The molecule has 0 bridgehead atoms. The minimum Gasteiger partial charge on any atom is -0.336 e. The zero-order chi connectivity index (χ0) is 32.3. The predicted molar refractivity (Wildman–Crippen MR) is 170 cm³/mol. The number of piperazine rings is 1. The molecule has 45 heavy (non-hydrogen) atoms.